The summed E-state index contributed by atoms with van der Waals surface area (Å²) in [6.07, 6.45) is 1.64. The third-order valence-electron chi connectivity index (χ3n) is 3.66. The number of benzene rings is 1. The highest BCUT2D eigenvalue weighted by Crippen LogP contribution is 2.24. The molecule has 0 saturated carbocycles. The molecule has 23 heavy (non-hydrogen) atoms. The van der Waals surface area contributed by atoms with Gasteiger partial charge in [0.15, 0.2) is 5.76 Å². The molecule has 126 valence electrons. The fourth-order valence-electron chi connectivity index (χ4n) is 2.50. The Hall–Kier alpha value is -1.82. The molecule has 0 fully saturated rings. The van der Waals surface area contributed by atoms with Crippen LogP contribution in [0.25, 0.3) is 0 Å². The van der Waals surface area contributed by atoms with Crippen LogP contribution in [0.1, 0.15) is 44.7 Å². The van der Waals surface area contributed by atoms with E-state index in [1.807, 2.05) is 45.0 Å². The van der Waals surface area contributed by atoms with Crippen molar-refractivity contribution in [2.75, 3.05) is 4.31 Å². The molecule has 0 atom stereocenters. The molecule has 2 rings (SSSR count). The van der Waals surface area contributed by atoms with Crippen molar-refractivity contribution in [2.24, 2.45) is 0 Å². The standard InChI is InChI=1S/C17H24N2O3S/c1-5-14-7-9-16(10-8-14)19(13(3)4)23(20,21)12-17-11-15(6-2)18-22-17/h7-11,13H,5-6,12H2,1-4H3. The van der Waals surface area contributed by atoms with E-state index in [-0.39, 0.29) is 11.8 Å². The van der Waals surface area contributed by atoms with Crippen molar-refractivity contribution >= 4 is 15.7 Å². The van der Waals surface area contributed by atoms with Crippen LogP contribution in [0.3, 0.4) is 0 Å². The van der Waals surface area contributed by atoms with Crippen molar-refractivity contribution < 1.29 is 12.9 Å². The van der Waals surface area contributed by atoms with E-state index < -0.39 is 10.0 Å². The summed E-state index contributed by atoms with van der Waals surface area (Å²) in [6.45, 7) is 7.75. The second-order valence-corrected chi connectivity index (χ2v) is 7.65. The van der Waals surface area contributed by atoms with Gasteiger partial charge in [0, 0.05) is 12.1 Å². The third-order valence-corrected chi connectivity index (χ3v) is 5.54. The highest BCUT2D eigenvalue weighted by molar-refractivity contribution is 7.92. The van der Waals surface area contributed by atoms with Gasteiger partial charge in [0.25, 0.3) is 0 Å². The molecule has 0 amide bonds. The summed E-state index contributed by atoms with van der Waals surface area (Å²) in [6, 6.07) is 9.16. The van der Waals surface area contributed by atoms with Crippen LogP contribution in [0.5, 0.6) is 0 Å². The number of hydrogen-bond donors (Lipinski definition) is 0. The average Bonchev–Trinajstić information content (AvgIpc) is 2.94. The van der Waals surface area contributed by atoms with Gasteiger partial charge in [-0.3, -0.25) is 4.31 Å². The molecule has 0 radical (unpaired) electrons. The van der Waals surface area contributed by atoms with Crippen LogP contribution in [0.15, 0.2) is 34.9 Å². The summed E-state index contributed by atoms with van der Waals surface area (Å²) in [5.74, 6) is 0.186. The Morgan fingerprint density at radius 3 is 2.26 bits per heavy atom. The van der Waals surface area contributed by atoms with E-state index in [0.29, 0.717) is 11.4 Å². The largest absolute Gasteiger partial charge is 0.360 e. The van der Waals surface area contributed by atoms with Crippen molar-refractivity contribution in [3.63, 3.8) is 0 Å². The zero-order valence-corrected chi connectivity index (χ0v) is 14.9. The minimum absolute atomic E-state index is 0.180. The highest BCUT2D eigenvalue weighted by Gasteiger charge is 2.27. The second kappa shape index (κ2) is 7.17. The van der Waals surface area contributed by atoms with Crippen molar-refractivity contribution in [1.29, 1.82) is 0 Å². The Balaban J connectivity index is 2.30. The van der Waals surface area contributed by atoms with Crippen LogP contribution in [-0.4, -0.2) is 19.6 Å². The molecule has 0 N–H and O–H groups in total. The van der Waals surface area contributed by atoms with E-state index in [1.54, 1.807) is 6.07 Å². The quantitative estimate of drug-likeness (QED) is 0.776. The summed E-state index contributed by atoms with van der Waals surface area (Å²) in [4.78, 5) is 0. The van der Waals surface area contributed by atoms with Crippen LogP contribution >= 0.6 is 0 Å². The van der Waals surface area contributed by atoms with Gasteiger partial charge in [0.2, 0.25) is 10.0 Å². The maximum atomic E-state index is 12.8. The summed E-state index contributed by atoms with van der Waals surface area (Å²) in [5, 5.41) is 3.86. The summed E-state index contributed by atoms with van der Waals surface area (Å²) < 4.78 is 32.2. The van der Waals surface area contributed by atoms with Gasteiger partial charge >= 0.3 is 0 Å². The molecule has 1 aromatic carbocycles. The van der Waals surface area contributed by atoms with Crippen LogP contribution < -0.4 is 4.31 Å². The maximum absolute atomic E-state index is 12.8. The molecule has 6 heteroatoms. The van der Waals surface area contributed by atoms with Gasteiger partial charge in [0.1, 0.15) is 5.75 Å². The fraction of sp³-hybridized carbons (Fsp3) is 0.471. The zero-order chi connectivity index (χ0) is 17.0. The van der Waals surface area contributed by atoms with E-state index in [0.717, 1.165) is 18.5 Å². The average molecular weight is 336 g/mol. The molecule has 0 saturated heterocycles. The van der Waals surface area contributed by atoms with Crippen LogP contribution in [0.4, 0.5) is 5.69 Å². The van der Waals surface area contributed by atoms with E-state index in [1.165, 1.54) is 9.87 Å². The smallest absolute Gasteiger partial charge is 0.242 e. The first-order chi connectivity index (χ1) is 10.9. The number of aryl methyl sites for hydroxylation is 2. The Bertz CT molecular complexity index is 733. The predicted octanol–water partition coefficient (Wildman–Crippen LogP) is 3.54. The minimum atomic E-state index is -3.54. The SMILES string of the molecule is CCc1ccc(N(C(C)C)S(=O)(=O)Cc2cc(CC)no2)cc1. The van der Waals surface area contributed by atoms with Crippen molar-refractivity contribution in [2.45, 2.75) is 52.3 Å². The predicted molar refractivity (Wildman–Crippen MR) is 91.9 cm³/mol. The lowest BCUT2D eigenvalue weighted by Gasteiger charge is -2.28. The molecule has 0 unspecified atom stereocenters. The van der Waals surface area contributed by atoms with E-state index >= 15 is 0 Å². The fourth-order valence-corrected chi connectivity index (χ4v) is 4.22. The van der Waals surface area contributed by atoms with Crippen molar-refractivity contribution in [1.82, 2.24) is 5.16 Å². The Morgan fingerprint density at radius 1 is 1.13 bits per heavy atom. The van der Waals surface area contributed by atoms with E-state index in [2.05, 4.69) is 12.1 Å². The normalized spacial score (nSPS) is 11.9. The van der Waals surface area contributed by atoms with Crippen molar-refractivity contribution in [3.8, 4) is 0 Å². The minimum Gasteiger partial charge on any atom is -0.360 e. The summed E-state index contributed by atoms with van der Waals surface area (Å²) in [5.41, 5.74) is 2.61. The molecule has 0 aliphatic rings. The van der Waals surface area contributed by atoms with E-state index in [4.69, 9.17) is 4.52 Å². The van der Waals surface area contributed by atoms with Gasteiger partial charge in [-0.05, 0) is 44.4 Å². The Labute approximate surface area is 138 Å². The van der Waals surface area contributed by atoms with Gasteiger partial charge in [-0.1, -0.05) is 31.1 Å². The number of sulfonamides is 1. The second-order valence-electron chi connectivity index (χ2n) is 5.80. The lowest BCUT2D eigenvalue weighted by atomic mass is 10.1. The number of anilines is 1. The monoisotopic (exact) mass is 336 g/mol. The van der Waals surface area contributed by atoms with Gasteiger partial charge < -0.3 is 4.52 Å². The van der Waals surface area contributed by atoms with Gasteiger partial charge in [0.05, 0.1) is 11.4 Å². The highest BCUT2D eigenvalue weighted by atomic mass is 32.2. The van der Waals surface area contributed by atoms with Crippen LogP contribution in [-0.2, 0) is 28.6 Å². The van der Waals surface area contributed by atoms with E-state index in [9.17, 15) is 8.42 Å². The molecule has 5 nitrogen and oxygen atoms in total. The first-order valence-electron chi connectivity index (χ1n) is 7.92. The number of aromatic nitrogens is 1. The molecule has 1 heterocycles. The Morgan fingerprint density at radius 2 is 1.78 bits per heavy atom. The number of rotatable bonds is 7. The van der Waals surface area contributed by atoms with Crippen LogP contribution in [0, 0.1) is 0 Å². The zero-order valence-electron chi connectivity index (χ0n) is 14.1. The third kappa shape index (κ3) is 4.13. The first kappa shape index (κ1) is 17.5. The number of nitrogens with zero attached hydrogens (tertiary/aromatic N) is 2. The lowest BCUT2D eigenvalue weighted by Crippen LogP contribution is -2.37. The summed E-state index contributed by atoms with van der Waals surface area (Å²) in [7, 11) is -3.54. The maximum Gasteiger partial charge on any atom is 0.242 e. The molecule has 0 bridgehead atoms. The number of hydrogen-bond acceptors (Lipinski definition) is 4. The topological polar surface area (TPSA) is 63.4 Å². The molecule has 0 aliphatic carbocycles. The van der Waals surface area contributed by atoms with Gasteiger partial charge in [-0.15, -0.1) is 0 Å². The molecule has 2 aromatic rings. The first-order valence-corrected chi connectivity index (χ1v) is 9.53. The van der Waals surface area contributed by atoms with Gasteiger partial charge in [-0.2, -0.15) is 0 Å². The molecule has 0 aliphatic heterocycles. The summed E-state index contributed by atoms with van der Waals surface area (Å²) >= 11 is 0. The molecule has 0 spiro atoms. The lowest BCUT2D eigenvalue weighted by molar-refractivity contribution is 0.386. The van der Waals surface area contributed by atoms with Gasteiger partial charge in [-0.25, -0.2) is 8.42 Å². The van der Waals surface area contributed by atoms with Crippen LogP contribution in [0.2, 0.25) is 0 Å². The molecular weight excluding hydrogens is 312 g/mol. The molecular formula is C17H24N2O3S. The molecule has 1 aromatic heterocycles. The Kier molecular flexibility index (Phi) is 5.46. The van der Waals surface area contributed by atoms with Crippen molar-refractivity contribution in [3.05, 3.63) is 47.3 Å².